The minimum atomic E-state index is -3.19. The zero-order valence-electron chi connectivity index (χ0n) is 18.5. The van der Waals surface area contributed by atoms with Gasteiger partial charge in [-0.25, -0.2) is 18.4 Å². The molecule has 2 amide bonds. The van der Waals surface area contributed by atoms with E-state index in [9.17, 15) is 18.0 Å². The molecule has 5 rings (SSSR count). The number of carbonyl (C=O) groups is 2. The molecule has 0 aliphatic carbocycles. The Morgan fingerprint density at radius 3 is 2.59 bits per heavy atom. The second-order valence-electron chi connectivity index (χ2n) is 8.50. The molecule has 0 unspecified atom stereocenters. The number of carbonyl (C=O) groups excluding carboxylic acids is 2. The van der Waals surface area contributed by atoms with E-state index in [1.54, 1.807) is 4.90 Å². The summed E-state index contributed by atoms with van der Waals surface area (Å²) in [7, 11) is -3.19. The Kier molecular flexibility index (Phi) is 6.18. The third-order valence-corrected chi connectivity index (χ3v) is 8.90. The molecule has 2 aromatic carbocycles. The second kappa shape index (κ2) is 9.27. The van der Waals surface area contributed by atoms with Gasteiger partial charge in [0.25, 0.3) is 5.91 Å². The van der Waals surface area contributed by atoms with E-state index in [-0.39, 0.29) is 41.9 Å². The van der Waals surface area contributed by atoms with Crippen molar-refractivity contribution in [3.8, 4) is 0 Å². The number of amides is 2. The molecule has 2 aliphatic rings. The summed E-state index contributed by atoms with van der Waals surface area (Å²) in [5.41, 5.74) is 2.18. The Bertz CT molecular complexity index is 1330. The summed E-state index contributed by atoms with van der Waals surface area (Å²) in [6.07, 6.45) is 1.34. The van der Waals surface area contributed by atoms with Gasteiger partial charge in [0.15, 0.2) is 15.0 Å². The van der Waals surface area contributed by atoms with Crippen molar-refractivity contribution in [1.82, 2.24) is 9.99 Å². The Balaban J connectivity index is 1.45. The first-order chi connectivity index (χ1) is 16.4. The number of sulfone groups is 1. The summed E-state index contributed by atoms with van der Waals surface area (Å²) < 4.78 is 24.9. The Morgan fingerprint density at radius 2 is 1.85 bits per heavy atom. The van der Waals surface area contributed by atoms with Crippen molar-refractivity contribution in [1.29, 1.82) is 0 Å². The molecule has 8 nitrogen and oxygen atoms in total. The third-order valence-electron chi connectivity index (χ3n) is 6.09. The quantitative estimate of drug-likeness (QED) is 0.522. The Labute approximate surface area is 201 Å². The van der Waals surface area contributed by atoms with Gasteiger partial charge < -0.3 is 0 Å². The maximum absolute atomic E-state index is 13.7. The average Bonchev–Trinajstić information content (AvgIpc) is 3.42. The first-order valence-corrected chi connectivity index (χ1v) is 13.8. The van der Waals surface area contributed by atoms with Crippen molar-refractivity contribution >= 4 is 54.0 Å². The summed E-state index contributed by atoms with van der Waals surface area (Å²) in [6, 6.07) is 17.1. The van der Waals surface area contributed by atoms with Crippen LogP contribution in [0.5, 0.6) is 0 Å². The van der Waals surface area contributed by atoms with Crippen LogP contribution in [0.2, 0.25) is 0 Å². The lowest BCUT2D eigenvalue weighted by Gasteiger charge is -2.29. The zero-order chi connectivity index (χ0) is 23.7. The van der Waals surface area contributed by atoms with Crippen LogP contribution in [0.1, 0.15) is 24.8 Å². The number of nitrogens with zero attached hydrogens (tertiary/aromatic N) is 4. The SMILES string of the molecule is O=C(C1=NN([C@@H]2CCS(=O)(=O)C2)C(=O)CC1)N(CCc1ccccc1)c1nc2ccccc2s1. The van der Waals surface area contributed by atoms with Crippen molar-refractivity contribution in [2.45, 2.75) is 31.7 Å². The molecule has 0 spiro atoms. The van der Waals surface area contributed by atoms with Gasteiger partial charge in [0.1, 0.15) is 5.71 Å². The molecule has 0 saturated carbocycles. The van der Waals surface area contributed by atoms with Crippen LogP contribution in [-0.4, -0.2) is 60.0 Å². The maximum atomic E-state index is 13.7. The normalized spacial score (nSPS) is 19.9. The summed E-state index contributed by atoms with van der Waals surface area (Å²) >= 11 is 1.44. The molecule has 176 valence electrons. The van der Waals surface area contributed by atoms with Gasteiger partial charge in [0, 0.05) is 19.4 Å². The minimum absolute atomic E-state index is 0.0369. The van der Waals surface area contributed by atoms with Crippen molar-refractivity contribution in [2.75, 3.05) is 23.0 Å². The number of hydrogen-bond acceptors (Lipinski definition) is 7. The summed E-state index contributed by atoms with van der Waals surface area (Å²) in [6.45, 7) is 0.410. The predicted molar refractivity (Wildman–Crippen MR) is 133 cm³/mol. The lowest BCUT2D eigenvalue weighted by molar-refractivity contribution is -0.133. The molecule has 1 atom stereocenters. The van der Waals surface area contributed by atoms with Crippen LogP contribution in [0.4, 0.5) is 5.13 Å². The number of hydrazone groups is 1. The highest BCUT2D eigenvalue weighted by Crippen LogP contribution is 2.30. The number of hydrogen-bond donors (Lipinski definition) is 0. The number of para-hydroxylation sites is 1. The fourth-order valence-corrected chi connectivity index (χ4v) is 6.96. The topological polar surface area (TPSA) is 100 Å². The predicted octanol–water partition coefficient (Wildman–Crippen LogP) is 3.04. The van der Waals surface area contributed by atoms with Crippen molar-refractivity contribution in [3.63, 3.8) is 0 Å². The third kappa shape index (κ3) is 4.74. The van der Waals surface area contributed by atoms with E-state index in [1.165, 1.54) is 16.3 Å². The smallest absolute Gasteiger partial charge is 0.276 e. The van der Waals surface area contributed by atoms with Crippen LogP contribution in [0, 0.1) is 0 Å². The molecular formula is C24H24N4O4S2. The van der Waals surface area contributed by atoms with Crippen LogP contribution in [0.15, 0.2) is 59.7 Å². The van der Waals surface area contributed by atoms with Gasteiger partial charge in [-0.05, 0) is 30.5 Å². The average molecular weight is 497 g/mol. The first kappa shape index (κ1) is 22.7. The fourth-order valence-electron chi connectivity index (χ4n) is 4.28. The summed E-state index contributed by atoms with van der Waals surface area (Å²) in [5, 5.41) is 6.20. The summed E-state index contributed by atoms with van der Waals surface area (Å²) in [4.78, 5) is 32.5. The number of fused-ring (bicyclic) bond motifs is 1. The molecule has 10 heteroatoms. The largest absolute Gasteiger partial charge is 0.283 e. The second-order valence-corrected chi connectivity index (χ2v) is 11.7. The van der Waals surface area contributed by atoms with Crippen LogP contribution in [0.25, 0.3) is 10.2 Å². The van der Waals surface area contributed by atoms with Crippen LogP contribution < -0.4 is 4.90 Å². The fraction of sp³-hybridized carbons (Fsp3) is 0.333. The number of benzene rings is 2. The maximum Gasteiger partial charge on any atom is 0.276 e. The van der Waals surface area contributed by atoms with Crippen LogP contribution in [-0.2, 0) is 25.8 Å². The van der Waals surface area contributed by atoms with E-state index < -0.39 is 15.9 Å². The molecule has 1 aromatic heterocycles. The molecule has 1 saturated heterocycles. The number of anilines is 1. The van der Waals surface area contributed by atoms with Gasteiger partial charge in [-0.15, -0.1) is 0 Å². The van der Waals surface area contributed by atoms with Gasteiger partial charge >= 0.3 is 0 Å². The van der Waals surface area contributed by atoms with Crippen molar-refractivity contribution in [2.24, 2.45) is 5.10 Å². The van der Waals surface area contributed by atoms with Gasteiger partial charge in [-0.3, -0.25) is 14.5 Å². The van der Waals surface area contributed by atoms with E-state index in [4.69, 9.17) is 0 Å². The Morgan fingerprint density at radius 1 is 1.09 bits per heavy atom. The van der Waals surface area contributed by atoms with Crippen molar-refractivity contribution in [3.05, 3.63) is 60.2 Å². The zero-order valence-corrected chi connectivity index (χ0v) is 20.1. The molecule has 1 fully saturated rings. The molecule has 0 radical (unpaired) electrons. The molecule has 3 aromatic rings. The lowest BCUT2D eigenvalue weighted by Crippen LogP contribution is -2.45. The van der Waals surface area contributed by atoms with Gasteiger partial charge in [0.2, 0.25) is 5.91 Å². The minimum Gasteiger partial charge on any atom is -0.283 e. The number of aromatic nitrogens is 1. The van der Waals surface area contributed by atoms with E-state index in [2.05, 4.69) is 10.1 Å². The number of rotatable bonds is 6. The molecular weight excluding hydrogens is 472 g/mol. The summed E-state index contributed by atoms with van der Waals surface area (Å²) in [5.74, 6) is -0.614. The standard InChI is InChI=1S/C24H24N4O4S2/c29-22-11-10-20(26-28(22)18-13-15-34(31,32)16-18)23(30)27(14-12-17-6-2-1-3-7-17)24-25-19-8-4-5-9-21(19)33-24/h1-9,18H,10-16H2/t18-/m1/s1. The Hall–Kier alpha value is -3.11. The van der Waals surface area contributed by atoms with Crippen LogP contribution in [0.3, 0.4) is 0 Å². The van der Waals surface area contributed by atoms with Crippen LogP contribution >= 0.6 is 11.3 Å². The van der Waals surface area contributed by atoms with Gasteiger partial charge in [0.05, 0.1) is 27.8 Å². The highest BCUT2D eigenvalue weighted by Gasteiger charge is 2.38. The highest BCUT2D eigenvalue weighted by atomic mass is 32.2. The van der Waals surface area contributed by atoms with E-state index >= 15 is 0 Å². The monoisotopic (exact) mass is 496 g/mol. The van der Waals surface area contributed by atoms with E-state index in [0.29, 0.717) is 24.5 Å². The van der Waals surface area contributed by atoms with E-state index in [1.807, 2.05) is 54.6 Å². The van der Waals surface area contributed by atoms with Gasteiger partial charge in [-0.1, -0.05) is 53.8 Å². The molecule has 34 heavy (non-hydrogen) atoms. The van der Waals surface area contributed by atoms with E-state index in [0.717, 1.165) is 15.8 Å². The lowest BCUT2D eigenvalue weighted by atomic mass is 10.1. The van der Waals surface area contributed by atoms with Crippen molar-refractivity contribution < 1.29 is 18.0 Å². The number of thiazole rings is 1. The first-order valence-electron chi connectivity index (χ1n) is 11.2. The molecule has 0 bridgehead atoms. The molecule has 2 aliphatic heterocycles. The molecule has 3 heterocycles. The van der Waals surface area contributed by atoms with Gasteiger partial charge in [-0.2, -0.15) is 5.10 Å². The molecule has 0 N–H and O–H groups in total. The highest BCUT2D eigenvalue weighted by molar-refractivity contribution is 7.91.